The van der Waals surface area contributed by atoms with Gasteiger partial charge in [-0.05, 0) is 55.0 Å². The topological polar surface area (TPSA) is 62.7 Å². The molecular weight excluding hydrogens is 357 g/mol. The number of amides is 1. The van der Waals surface area contributed by atoms with Gasteiger partial charge in [0.15, 0.2) is 0 Å². The van der Waals surface area contributed by atoms with Crippen molar-refractivity contribution in [2.45, 2.75) is 25.7 Å². The molecule has 1 amide bonds. The first-order valence-corrected chi connectivity index (χ1v) is 9.67. The van der Waals surface area contributed by atoms with Gasteiger partial charge in [0, 0.05) is 37.7 Å². The van der Waals surface area contributed by atoms with Gasteiger partial charge in [0.1, 0.15) is 11.7 Å². The molecule has 2 heterocycles. The largest absolute Gasteiger partial charge is 0.382 e. The summed E-state index contributed by atoms with van der Waals surface area (Å²) in [6.07, 6.45) is 3.60. The van der Waals surface area contributed by atoms with Crippen LogP contribution in [0, 0.1) is 18.7 Å². The van der Waals surface area contributed by atoms with Crippen molar-refractivity contribution < 1.29 is 13.9 Å². The van der Waals surface area contributed by atoms with Crippen LogP contribution >= 0.6 is 0 Å². The van der Waals surface area contributed by atoms with Crippen LogP contribution in [0.4, 0.5) is 21.5 Å². The molecule has 2 aliphatic rings. The summed E-state index contributed by atoms with van der Waals surface area (Å²) in [6.45, 7) is 4.26. The Morgan fingerprint density at radius 3 is 2.89 bits per heavy atom. The number of carbonyl (C=O) groups is 1. The Morgan fingerprint density at radius 2 is 2.11 bits per heavy atom. The maximum absolute atomic E-state index is 14.4. The highest BCUT2D eigenvalue weighted by Crippen LogP contribution is 2.34. The number of aryl methyl sites for hydroxylation is 1. The zero-order valence-corrected chi connectivity index (χ0v) is 15.9. The van der Waals surface area contributed by atoms with Gasteiger partial charge in [0.05, 0.1) is 11.4 Å². The summed E-state index contributed by atoms with van der Waals surface area (Å²) in [6, 6.07) is 10.6. The number of nitrogens with zero attached hydrogens (tertiary/aromatic N) is 1. The second-order valence-corrected chi connectivity index (χ2v) is 7.38. The molecule has 1 fully saturated rings. The van der Waals surface area contributed by atoms with Crippen LogP contribution in [0.5, 0.6) is 0 Å². The van der Waals surface area contributed by atoms with E-state index in [1.807, 2.05) is 25.1 Å². The lowest BCUT2D eigenvalue weighted by Gasteiger charge is -2.22. The first-order chi connectivity index (χ1) is 13.6. The highest BCUT2D eigenvalue weighted by Gasteiger charge is 2.30. The van der Waals surface area contributed by atoms with Crippen molar-refractivity contribution in [1.29, 1.82) is 0 Å². The first kappa shape index (κ1) is 18.6. The Kier molecular flexibility index (Phi) is 5.39. The number of rotatable bonds is 5. The van der Waals surface area contributed by atoms with E-state index in [9.17, 15) is 9.18 Å². The molecule has 0 aromatic heterocycles. The van der Waals surface area contributed by atoms with E-state index in [-0.39, 0.29) is 11.7 Å². The normalized spacial score (nSPS) is 19.6. The highest BCUT2D eigenvalue weighted by molar-refractivity contribution is 6.13. The lowest BCUT2D eigenvalue weighted by Crippen LogP contribution is -2.22. The van der Waals surface area contributed by atoms with E-state index in [4.69, 9.17) is 4.74 Å². The van der Waals surface area contributed by atoms with Gasteiger partial charge in [-0.2, -0.15) is 0 Å². The molecule has 146 valence electrons. The average molecular weight is 381 g/mol. The summed E-state index contributed by atoms with van der Waals surface area (Å²) < 4.78 is 19.8. The number of carbonyl (C=O) groups excluding carboxylic acids is 1. The first-order valence-electron chi connectivity index (χ1n) is 9.67. The molecule has 2 aromatic carbocycles. The van der Waals surface area contributed by atoms with Crippen molar-refractivity contribution in [3.63, 3.8) is 0 Å². The van der Waals surface area contributed by atoms with Gasteiger partial charge in [0.2, 0.25) is 5.91 Å². The number of aliphatic imine (C=N–C) groups is 1. The van der Waals surface area contributed by atoms with Gasteiger partial charge in [-0.3, -0.25) is 9.79 Å². The lowest BCUT2D eigenvalue weighted by molar-refractivity contribution is -0.115. The smallest absolute Gasteiger partial charge is 0.237 e. The number of anilines is 2. The standard InChI is InChI=1S/C22H24FN3O2/c1-14-3-2-4-20-21(14)17(22(27)26-20)13-24-16-5-6-19(18(23)11-16)25-12-15-7-9-28-10-8-15/h2-6,11,13,15,17,25H,7-10,12H2,1H3,(H,26,27). The van der Waals surface area contributed by atoms with Crippen molar-refractivity contribution in [3.8, 4) is 0 Å². The van der Waals surface area contributed by atoms with Gasteiger partial charge >= 0.3 is 0 Å². The molecule has 28 heavy (non-hydrogen) atoms. The third-order valence-electron chi connectivity index (χ3n) is 5.42. The van der Waals surface area contributed by atoms with Crippen molar-refractivity contribution in [3.05, 3.63) is 53.3 Å². The third kappa shape index (κ3) is 3.92. The Labute approximate surface area is 164 Å². The monoisotopic (exact) mass is 381 g/mol. The zero-order chi connectivity index (χ0) is 19.5. The second kappa shape index (κ2) is 8.10. The summed E-state index contributed by atoms with van der Waals surface area (Å²) in [5, 5.41) is 6.06. The van der Waals surface area contributed by atoms with Crippen LogP contribution in [0.25, 0.3) is 0 Å². The number of benzene rings is 2. The number of fused-ring (bicyclic) bond motifs is 1. The van der Waals surface area contributed by atoms with Crippen LogP contribution in [0.15, 0.2) is 41.4 Å². The van der Waals surface area contributed by atoms with E-state index in [0.717, 1.165) is 49.4 Å². The summed E-state index contributed by atoms with van der Waals surface area (Å²) >= 11 is 0. The van der Waals surface area contributed by atoms with E-state index in [0.29, 0.717) is 17.3 Å². The molecular formula is C22H24FN3O2. The van der Waals surface area contributed by atoms with E-state index in [1.165, 1.54) is 6.07 Å². The van der Waals surface area contributed by atoms with E-state index in [2.05, 4.69) is 15.6 Å². The highest BCUT2D eigenvalue weighted by atomic mass is 19.1. The zero-order valence-electron chi connectivity index (χ0n) is 15.9. The van der Waals surface area contributed by atoms with Crippen molar-refractivity contribution in [2.75, 3.05) is 30.4 Å². The van der Waals surface area contributed by atoms with Gasteiger partial charge < -0.3 is 15.4 Å². The van der Waals surface area contributed by atoms with Crippen LogP contribution in [0.3, 0.4) is 0 Å². The molecule has 0 bridgehead atoms. The minimum atomic E-state index is -0.453. The fraction of sp³-hybridized carbons (Fsp3) is 0.364. The number of halogens is 1. The minimum Gasteiger partial charge on any atom is -0.382 e. The Balaban J connectivity index is 1.44. The minimum absolute atomic E-state index is 0.108. The number of nitrogens with one attached hydrogen (secondary N) is 2. The SMILES string of the molecule is Cc1cccc2c1C(C=Nc1ccc(NCC3CCOCC3)c(F)c1)C(=O)N2. The maximum atomic E-state index is 14.4. The molecule has 0 aliphatic carbocycles. The molecule has 0 spiro atoms. The van der Waals surface area contributed by atoms with Crippen LogP contribution in [0.1, 0.15) is 29.9 Å². The molecule has 0 saturated carbocycles. The van der Waals surface area contributed by atoms with Gasteiger partial charge in [-0.1, -0.05) is 12.1 Å². The van der Waals surface area contributed by atoms with Crippen LogP contribution in [-0.2, 0) is 9.53 Å². The Hall–Kier alpha value is -2.73. The maximum Gasteiger partial charge on any atom is 0.237 e. The van der Waals surface area contributed by atoms with E-state index < -0.39 is 5.92 Å². The molecule has 4 rings (SSSR count). The van der Waals surface area contributed by atoms with Crippen LogP contribution in [0.2, 0.25) is 0 Å². The number of hydrogen-bond acceptors (Lipinski definition) is 4. The third-order valence-corrected chi connectivity index (χ3v) is 5.42. The molecule has 5 nitrogen and oxygen atoms in total. The molecule has 2 aliphatic heterocycles. The van der Waals surface area contributed by atoms with Crippen molar-refractivity contribution >= 4 is 29.2 Å². The molecule has 1 atom stereocenters. The average Bonchev–Trinajstić information content (AvgIpc) is 3.03. The predicted molar refractivity (Wildman–Crippen MR) is 109 cm³/mol. The summed E-state index contributed by atoms with van der Waals surface area (Å²) in [5.41, 5.74) is 3.76. The van der Waals surface area contributed by atoms with Crippen molar-refractivity contribution in [1.82, 2.24) is 0 Å². The van der Waals surface area contributed by atoms with Crippen LogP contribution < -0.4 is 10.6 Å². The fourth-order valence-corrected chi connectivity index (χ4v) is 3.78. The van der Waals surface area contributed by atoms with Crippen molar-refractivity contribution in [2.24, 2.45) is 10.9 Å². The molecule has 2 aromatic rings. The number of ether oxygens (including phenoxy) is 1. The summed E-state index contributed by atoms with van der Waals surface area (Å²) in [5.74, 6) is -0.391. The Bertz CT molecular complexity index is 907. The number of hydrogen-bond donors (Lipinski definition) is 2. The Morgan fingerprint density at radius 1 is 1.29 bits per heavy atom. The van der Waals surface area contributed by atoms with Gasteiger partial charge in [-0.25, -0.2) is 4.39 Å². The molecule has 1 saturated heterocycles. The predicted octanol–water partition coefficient (Wildman–Crippen LogP) is 4.41. The molecule has 1 unspecified atom stereocenters. The van der Waals surface area contributed by atoms with E-state index in [1.54, 1.807) is 18.3 Å². The second-order valence-electron chi connectivity index (χ2n) is 7.38. The fourth-order valence-electron chi connectivity index (χ4n) is 3.78. The molecule has 2 N–H and O–H groups in total. The summed E-state index contributed by atoms with van der Waals surface area (Å²) in [4.78, 5) is 16.6. The summed E-state index contributed by atoms with van der Waals surface area (Å²) in [7, 11) is 0. The van der Waals surface area contributed by atoms with E-state index >= 15 is 0 Å². The van der Waals surface area contributed by atoms with Crippen LogP contribution in [-0.4, -0.2) is 31.9 Å². The lowest BCUT2D eigenvalue weighted by atomic mass is 9.97. The quantitative estimate of drug-likeness (QED) is 0.754. The molecule has 6 heteroatoms. The van der Waals surface area contributed by atoms with Gasteiger partial charge in [0.25, 0.3) is 0 Å². The van der Waals surface area contributed by atoms with Gasteiger partial charge in [-0.15, -0.1) is 0 Å². The molecule has 0 radical (unpaired) electrons.